The summed E-state index contributed by atoms with van der Waals surface area (Å²) in [6.45, 7) is 0. The number of benzene rings is 1. The summed E-state index contributed by atoms with van der Waals surface area (Å²) >= 11 is 0. The van der Waals surface area contributed by atoms with Gasteiger partial charge in [-0.3, -0.25) is 9.78 Å². The topological polar surface area (TPSA) is 33.2 Å². The maximum absolute atomic E-state index is 11.8. The zero-order valence-electron chi connectivity index (χ0n) is 11.1. The van der Waals surface area contributed by atoms with Crippen LogP contribution in [0, 0.1) is 0 Å². The van der Waals surface area contributed by atoms with Gasteiger partial charge in [0, 0.05) is 26.0 Å². The molecule has 0 unspecified atom stereocenters. The summed E-state index contributed by atoms with van der Waals surface area (Å²) in [5.74, 6) is -0.0858. The minimum Gasteiger partial charge on any atom is -0.378 e. The summed E-state index contributed by atoms with van der Waals surface area (Å²) < 4.78 is 0. The Morgan fingerprint density at radius 2 is 1.84 bits per heavy atom. The largest absolute Gasteiger partial charge is 0.378 e. The molecule has 0 amide bonds. The molecule has 3 nitrogen and oxygen atoms in total. The summed E-state index contributed by atoms with van der Waals surface area (Å²) in [6.07, 6.45) is 4.97. The van der Waals surface area contributed by atoms with Crippen LogP contribution in [0.1, 0.15) is 16.1 Å². The number of carbonyl (C=O) groups excluding carboxylic acids is 1. The van der Waals surface area contributed by atoms with Crippen molar-refractivity contribution in [2.75, 3.05) is 19.0 Å². The highest BCUT2D eigenvalue weighted by Gasteiger charge is 2.01. The van der Waals surface area contributed by atoms with Gasteiger partial charge in [0.1, 0.15) is 5.69 Å². The van der Waals surface area contributed by atoms with Gasteiger partial charge in [-0.25, -0.2) is 0 Å². The molecule has 0 bridgehead atoms. The molecule has 0 fully saturated rings. The van der Waals surface area contributed by atoms with Gasteiger partial charge in [0.2, 0.25) is 5.78 Å². The van der Waals surface area contributed by atoms with Gasteiger partial charge in [0.25, 0.3) is 0 Å². The summed E-state index contributed by atoms with van der Waals surface area (Å²) in [5.41, 5.74) is 2.59. The third kappa shape index (κ3) is 3.52. The van der Waals surface area contributed by atoms with Crippen LogP contribution < -0.4 is 4.90 Å². The Kier molecular flexibility index (Phi) is 4.08. The van der Waals surface area contributed by atoms with Crippen LogP contribution >= 0.6 is 0 Å². The van der Waals surface area contributed by atoms with Crippen molar-refractivity contribution < 1.29 is 4.79 Å². The Morgan fingerprint density at radius 1 is 1.11 bits per heavy atom. The van der Waals surface area contributed by atoms with E-state index < -0.39 is 0 Å². The number of pyridine rings is 1. The molecule has 96 valence electrons. The average molecular weight is 252 g/mol. The Bertz CT molecular complexity index is 571. The number of aromatic nitrogens is 1. The van der Waals surface area contributed by atoms with Gasteiger partial charge in [0.05, 0.1) is 0 Å². The SMILES string of the molecule is CN(C)c1ccc(/C=C/C(=O)c2ccccn2)cc1. The Balaban J connectivity index is 2.08. The molecule has 1 heterocycles. The fraction of sp³-hybridized carbons (Fsp3) is 0.125. The smallest absolute Gasteiger partial charge is 0.204 e. The van der Waals surface area contributed by atoms with E-state index in [1.165, 1.54) is 0 Å². The highest BCUT2D eigenvalue weighted by molar-refractivity contribution is 6.05. The fourth-order valence-corrected chi connectivity index (χ4v) is 1.65. The predicted octanol–water partition coefficient (Wildman–Crippen LogP) is 3.04. The van der Waals surface area contributed by atoms with Crippen molar-refractivity contribution in [2.24, 2.45) is 0 Å². The third-order valence-corrected chi connectivity index (χ3v) is 2.75. The van der Waals surface area contributed by atoms with Crippen LogP contribution in [0.2, 0.25) is 0 Å². The molecule has 2 rings (SSSR count). The number of rotatable bonds is 4. The molecule has 3 heteroatoms. The molecular formula is C16H16N2O. The summed E-state index contributed by atoms with van der Waals surface area (Å²) in [4.78, 5) is 17.9. The van der Waals surface area contributed by atoms with Crippen molar-refractivity contribution >= 4 is 17.5 Å². The molecule has 0 spiro atoms. The van der Waals surface area contributed by atoms with Crippen LogP contribution in [0.3, 0.4) is 0 Å². The Hall–Kier alpha value is -2.42. The van der Waals surface area contributed by atoms with Crippen LogP contribution in [0.15, 0.2) is 54.7 Å². The van der Waals surface area contributed by atoms with Crippen LogP contribution in [0.25, 0.3) is 6.08 Å². The molecular weight excluding hydrogens is 236 g/mol. The number of hydrogen-bond acceptors (Lipinski definition) is 3. The van der Waals surface area contributed by atoms with E-state index in [1.54, 1.807) is 36.5 Å². The van der Waals surface area contributed by atoms with E-state index in [0.717, 1.165) is 11.3 Å². The minimum atomic E-state index is -0.0858. The highest BCUT2D eigenvalue weighted by atomic mass is 16.1. The quantitative estimate of drug-likeness (QED) is 0.619. The molecule has 0 aliphatic heterocycles. The van der Waals surface area contributed by atoms with Crippen LogP contribution in [-0.2, 0) is 0 Å². The van der Waals surface area contributed by atoms with E-state index in [4.69, 9.17) is 0 Å². The first-order chi connectivity index (χ1) is 9.16. The summed E-state index contributed by atoms with van der Waals surface area (Å²) in [6, 6.07) is 13.3. The lowest BCUT2D eigenvalue weighted by Gasteiger charge is -2.11. The number of ketones is 1. The monoisotopic (exact) mass is 252 g/mol. The van der Waals surface area contributed by atoms with E-state index in [2.05, 4.69) is 4.98 Å². The normalized spacial score (nSPS) is 10.6. The first-order valence-corrected chi connectivity index (χ1v) is 6.07. The van der Waals surface area contributed by atoms with E-state index >= 15 is 0 Å². The second-order valence-electron chi connectivity index (χ2n) is 4.40. The van der Waals surface area contributed by atoms with Gasteiger partial charge in [0.15, 0.2) is 0 Å². The molecule has 0 saturated carbocycles. The van der Waals surface area contributed by atoms with Gasteiger partial charge < -0.3 is 4.90 Å². The molecule has 0 N–H and O–H groups in total. The Labute approximate surface area is 113 Å². The third-order valence-electron chi connectivity index (χ3n) is 2.75. The fourth-order valence-electron chi connectivity index (χ4n) is 1.65. The zero-order valence-corrected chi connectivity index (χ0v) is 11.1. The number of anilines is 1. The standard InChI is InChI=1S/C16H16N2O/c1-18(2)14-9-6-13(7-10-14)8-11-16(19)15-5-3-4-12-17-15/h3-12H,1-2H3/b11-8+. The van der Waals surface area contributed by atoms with Gasteiger partial charge in [-0.2, -0.15) is 0 Å². The second-order valence-corrected chi connectivity index (χ2v) is 4.40. The molecule has 0 radical (unpaired) electrons. The molecule has 2 aromatic rings. The van der Waals surface area contributed by atoms with Gasteiger partial charge in [-0.15, -0.1) is 0 Å². The molecule has 0 aliphatic rings. The van der Waals surface area contributed by atoms with Crippen molar-refractivity contribution in [3.8, 4) is 0 Å². The number of hydrogen-bond donors (Lipinski definition) is 0. The molecule has 1 aromatic carbocycles. The lowest BCUT2D eigenvalue weighted by atomic mass is 10.1. The summed E-state index contributed by atoms with van der Waals surface area (Å²) in [7, 11) is 3.99. The van der Waals surface area contributed by atoms with E-state index in [1.807, 2.05) is 43.3 Å². The molecule has 0 aliphatic carbocycles. The van der Waals surface area contributed by atoms with Crippen LogP contribution in [0.5, 0.6) is 0 Å². The van der Waals surface area contributed by atoms with Crippen LogP contribution in [-0.4, -0.2) is 24.9 Å². The average Bonchev–Trinajstić information content (AvgIpc) is 2.46. The molecule has 0 atom stereocenters. The molecule has 19 heavy (non-hydrogen) atoms. The number of allylic oxidation sites excluding steroid dienone is 1. The van der Waals surface area contributed by atoms with Gasteiger partial charge >= 0.3 is 0 Å². The predicted molar refractivity (Wildman–Crippen MR) is 78.4 cm³/mol. The van der Waals surface area contributed by atoms with E-state index in [9.17, 15) is 4.79 Å². The van der Waals surface area contributed by atoms with E-state index in [-0.39, 0.29) is 5.78 Å². The molecule has 1 aromatic heterocycles. The number of carbonyl (C=O) groups is 1. The van der Waals surface area contributed by atoms with Crippen molar-refractivity contribution in [3.05, 3.63) is 66.0 Å². The van der Waals surface area contributed by atoms with E-state index in [0.29, 0.717) is 5.69 Å². The lowest BCUT2D eigenvalue weighted by molar-refractivity contribution is 0.104. The van der Waals surface area contributed by atoms with Crippen LogP contribution in [0.4, 0.5) is 5.69 Å². The Morgan fingerprint density at radius 3 is 2.42 bits per heavy atom. The second kappa shape index (κ2) is 5.96. The highest BCUT2D eigenvalue weighted by Crippen LogP contribution is 2.13. The first-order valence-electron chi connectivity index (χ1n) is 6.07. The maximum Gasteiger partial charge on any atom is 0.204 e. The van der Waals surface area contributed by atoms with Crippen molar-refractivity contribution in [1.29, 1.82) is 0 Å². The van der Waals surface area contributed by atoms with Crippen molar-refractivity contribution in [1.82, 2.24) is 4.98 Å². The van der Waals surface area contributed by atoms with Crippen molar-refractivity contribution in [2.45, 2.75) is 0 Å². The minimum absolute atomic E-state index is 0.0858. The maximum atomic E-state index is 11.8. The van der Waals surface area contributed by atoms with Crippen molar-refractivity contribution in [3.63, 3.8) is 0 Å². The van der Waals surface area contributed by atoms with Gasteiger partial charge in [-0.05, 0) is 35.9 Å². The lowest BCUT2D eigenvalue weighted by Crippen LogP contribution is -2.07. The van der Waals surface area contributed by atoms with Gasteiger partial charge in [-0.1, -0.05) is 24.3 Å². The zero-order chi connectivity index (χ0) is 13.7. The number of nitrogens with zero attached hydrogens (tertiary/aromatic N) is 2. The first kappa shape index (κ1) is 13.0. The summed E-state index contributed by atoms with van der Waals surface area (Å²) in [5, 5.41) is 0. The molecule has 0 saturated heterocycles.